The van der Waals surface area contributed by atoms with E-state index in [9.17, 15) is 30.3 Å². The number of aliphatic hydroxyl groups excluding tert-OH is 4. The molecule has 2 bridgehead atoms. The lowest BCUT2D eigenvalue weighted by Crippen LogP contribution is -2.65. The van der Waals surface area contributed by atoms with Crippen LogP contribution in [-0.4, -0.2) is 105 Å². The van der Waals surface area contributed by atoms with Gasteiger partial charge in [0.25, 0.3) is 0 Å². The van der Waals surface area contributed by atoms with E-state index < -0.39 is 65.1 Å². The third kappa shape index (κ3) is 3.90. The zero-order chi connectivity index (χ0) is 34.8. The molecule has 0 aromatic heterocycles. The standard InChI is InChI=1S/C37H58O11/c1-17-13-20-28(32(5,6)43)48-37(47-20)27(17)34(8)24(45-18(2)38)14-36-16-35(36)12-11-23(46-29-26(41)25(40)19(39)15-44-29)31(3,4)21(35)9-10-22(36)33(34,7)30(37)42/h17,19-30,39-43H,9-16H2,1-8H3/t17-,19+,20-,21+,22+,23+,24-,25+,26-,27-,28+,29+,30-,33-,34-,35-,36+,37+/m0/s1. The highest BCUT2D eigenvalue weighted by Crippen LogP contribution is 2.90. The summed E-state index contributed by atoms with van der Waals surface area (Å²) in [5.41, 5.74) is -2.98. The van der Waals surface area contributed by atoms with Gasteiger partial charge < -0.3 is 49.2 Å². The van der Waals surface area contributed by atoms with Crippen LogP contribution < -0.4 is 0 Å². The molecule has 0 aromatic carbocycles. The van der Waals surface area contributed by atoms with Crippen LogP contribution in [-0.2, 0) is 28.5 Å². The molecular weight excluding hydrogens is 620 g/mol. The summed E-state index contributed by atoms with van der Waals surface area (Å²) in [6.07, 6.45) is -1.55. The predicted molar refractivity (Wildman–Crippen MR) is 170 cm³/mol. The first kappa shape index (κ1) is 34.2. The Morgan fingerprint density at radius 3 is 2.25 bits per heavy atom. The second-order valence-electron chi connectivity index (χ2n) is 18.9. The highest BCUT2D eigenvalue weighted by Gasteiger charge is 2.90. The zero-order valence-electron chi connectivity index (χ0n) is 29.8. The summed E-state index contributed by atoms with van der Waals surface area (Å²) < 4.78 is 32.2. The van der Waals surface area contributed by atoms with E-state index >= 15 is 0 Å². The first-order valence-electron chi connectivity index (χ1n) is 18.5. The molecule has 48 heavy (non-hydrogen) atoms. The van der Waals surface area contributed by atoms with Gasteiger partial charge in [0.1, 0.15) is 36.6 Å². The predicted octanol–water partition coefficient (Wildman–Crippen LogP) is 2.66. The number of hydrogen-bond acceptors (Lipinski definition) is 11. The highest BCUT2D eigenvalue weighted by atomic mass is 16.8. The Balaban J connectivity index is 1.16. The molecule has 18 atom stereocenters. The molecule has 0 aromatic rings. The molecule has 11 nitrogen and oxygen atoms in total. The Kier molecular flexibility index (Phi) is 7.24. The SMILES string of the molecule is CC(=O)O[C@H]1C[C@]23C[C@]24CC[C@@H](O[C@H]2OC[C@@H](O)[C@@H](O)[C@@H]2O)C(C)(C)[C@H]4CC[C@@H]3[C@@]2(C)[C@H](O)[C@@]34O[C@@H](C[C@H](C)[C@H]3[C@]12C)[C@H](C(C)(C)O)O4. The van der Waals surface area contributed by atoms with Crippen LogP contribution in [0.2, 0.25) is 0 Å². The van der Waals surface area contributed by atoms with Gasteiger partial charge in [-0.1, -0.05) is 34.6 Å². The Bertz CT molecular complexity index is 1350. The molecule has 3 aliphatic heterocycles. The monoisotopic (exact) mass is 678 g/mol. The second-order valence-corrected chi connectivity index (χ2v) is 18.9. The minimum Gasteiger partial charge on any atom is -0.462 e. The Morgan fingerprint density at radius 2 is 1.58 bits per heavy atom. The maximum absolute atomic E-state index is 12.9. The van der Waals surface area contributed by atoms with Crippen molar-refractivity contribution in [3.63, 3.8) is 0 Å². The second kappa shape index (κ2) is 10.2. The van der Waals surface area contributed by atoms with Crippen LogP contribution in [0.1, 0.15) is 100 Å². The highest BCUT2D eigenvalue weighted by molar-refractivity contribution is 5.66. The zero-order valence-corrected chi connectivity index (χ0v) is 29.8. The van der Waals surface area contributed by atoms with Crippen molar-refractivity contribution in [3.8, 4) is 0 Å². The summed E-state index contributed by atoms with van der Waals surface area (Å²) in [5, 5.41) is 55.0. The van der Waals surface area contributed by atoms with Crippen molar-refractivity contribution in [3.05, 3.63) is 0 Å². The average Bonchev–Trinajstić information content (AvgIpc) is 3.48. The number of aliphatic hydroxyl groups is 5. The number of ether oxygens (including phenoxy) is 5. The molecule has 11 heteroatoms. The smallest absolute Gasteiger partial charge is 0.302 e. The molecule has 0 radical (unpaired) electrons. The van der Waals surface area contributed by atoms with E-state index in [0.29, 0.717) is 6.42 Å². The summed E-state index contributed by atoms with van der Waals surface area (Å²) in [4.78, 5) is 12.9. The molecule has 3 saturated heterocycles. The molecule has 8 rings (SSSR count). The van der Waals surface area contributed by atoms with E-state index in [-0.39, 0.29) is 64.7 Å². The van der Waals surface area contributed by atoms with Gasteiger partial charge >= 0.3 is 5.97 Å². The topological polar surface area (TPSA) is 164 Å². The van der Waals surface area contributed by atoms with E-state index in [1.165, 1.54) is 6.92 Å². The maximum atomic E-state index is 12.9. The van der Waals surface area contributed by atoms with Crippen molar-refractivity contribution in [2.75, 3.05) is 6.61 Å². The number of esters is 1. The third-order valence-electron chi connectivity index (χ3n) is 16.2. The number of carbonyl (C=O) groups excluding carboxylic acids is 1. The molecule has 272 valence electrons. The van der Waals surface area contributed by atoms with Gasteiger partial charge in [-0.2, -0.15) is 0 Å². The van der Waals surface area contributed by atoms with E-state index in [1.807, 2.05) is 0 Å². The fraction of sp³-hybridized carbons (Fsp3) is 0.973. The quantitative estimate of drug-likeness (QED) is 0.219. The lowest BCUT2D eigenvalue weighted by Gasteiger charge is -2.65. The first-order valence-corrected chi connectivity index (χ1v) is 18.5. The number of rotatable bonds is 4. The first-order chi connectivity index (χ1) is 22.2. The van der Waals surface area contributed by atoms with Gasteiger partial charge in [-0.05, 0) is 92.8 Å². The number of hydrogen-bond donors (Lipinski definition) is 5. The Hall–Kier alpha value is -0.890. The van der Waals surface area contributed by atoms with Gasteiger partial charge in [0.05, 0.1) is 24.4 Å². The maximum Gasteiger partial charge on any atom is 0.302 e. The fourth-order valence-corrected chi connectivity index (χ4v) is 14.3. The fourth-order valence-electron chi connectivity index (χ4n) is 14.3. The van der Waals surface area contributed by atoms with Gasteiger partial charge in [-0.15, -0.1) is 0 Å². The van der Waals surface area contributed by atoms with Crippen LogP contribution in [0.25, 0.3) is 0 Å². The summed E-state index contributed by atoms with van der Waals surface area (Å²) in [6.45, 7) is 16.0. The Labute approximate surface area is 284 Å². The van der Waals surface area contributed by atoms with Gasteiger partial charge in [0.15, 0.2) is 12.1 Å². The third-order valence-corrected chi connectivity index (χ3v) is 16.2. The van der Waals surface area contributed by atoms with Crippen LogP contribution in [0.4, 0.5) is 0 Å². The minimum atomic E-state index is -1.34. The summed E-state index contributed by atoms with van der Waals surface area (Å²) in [7, 11) is 0. The molecule has 0 amide bonds. The number of fused-ring (bicyclic) bond motifs is 4. The van der Waals surface area contributed by atoms with Gasteiger partial charge in [0, 0.05) is 23.7 Å². The lowest BCUT2D eigenvalue weighted by atomic mass is 9.40. The van der Waals surface area contributed by atoms with Gasteiger partial charge in [0.2, 0.25) is 0 Å². The molecule has 3 spiro atoms. The van der Waals surface area contributed by atoms with E-state index in [2.05, 4.69) is 34.6 Å². The largest absolute Gasteiger partial charge is 0.462 e. The molecule has 5 saturated carbocycles. The van der Waals surface area contributed by atoms with Crippen LogP contribution in [0, 0.1) is 50.7 Å². The summed E-state index contributed by atoms with van der Waals surface area (Å²) in [5.74, 6) is -1.33. The normalized spacial score (nSPS) is 59.4. The van der Waals surface area contributed by atoms with Crippen LogP contribution in [0.5, 0.6) is 0 Å². The molecule has 5 aliphatic carbocycles. The molecule has 5 N–H and O–H groups in total. The van der Waals surface area contributed by atoms with Gasteiger partial charge in [-0.3, -0.25) is 4.79 Å². The van der Waals surface area contributed by atoms with E-state index in [1.54, 1.807) is 13.8 Å². The Morgan fingerprint density at radius 1 is 0.896 bits per heavy atom. The summed E-state index contributed by atoms with van der Waals surface area (Å²) in [6, 6.07) is 0. The average molecular weight is 679 g/mol. The van der Waals surface area contributed by atoms with Crippen molar-refractivity contribution < 1.29 is 54.0 Å². The lowest BCUT2D eigenvalue weighted by molar-refractivity contribution is -0.304. The van der Waals surface area contributed by atoms with Crippen molar-refractivity contribution in [1.29, 1.82) is 0 Å². The van der Waals surface area contributed by atoms with Crippen LogP contribution in [0.3, 0.4) is 0 Å². The van der Waals surface area contributed by atoms with Crippen LogP contribution >= 0.6 is 0 Å². The van der Waals surface area contributed by atoms with Crippen molar-refractivity contribution in [2.24, 2.45) is 50.7 Å². The van der Waals surface area contributed by atoms with Crippen molar-refractivity contribution in [1.82, 2.24) is 0 Å². The number of carbonyl (C=O) groups is 1. The molecule has 0 unspecified atom stereocenters. The van der Waals surface area contributed by atoms with Gasteiger partial charge in [-0.25, -0.2) is 0 Å². The van der Waals surface area contributed by atoms with Crippen molar-refractivity contribution in [2.45, 2.75) is 167 Å². The molecular formula is C37H58O11. The van der Waals surface area contributed by atoms with E-state index in [0.717, 1.165) is 38.5 Å². The molecule has 8 fully saturated rings. The molecule has 8 aliphatic rings. The molecule has 3 heterocycles. The minimum absolute atomic E-state index is 0.0317. The van der Waals surface area contributed by atoms with Crippen molar-refractivity contribution >= 4 is 5.97 Å². The van der Waals surface area contributed by atoms with E-state index in [4.69, 9.17) is 23.7 Å². The van der Waals surface area contributed by atoms with Crippen LogP contribution in [0.15, 0.2) is 0 Å². The summed E-state index contributed by atoms with van der Waals surface area (Å²) >= 11 is 0.